The van der Waals surface area contributed by atoms with E-state index in [1.54, 1.807) is 6.07 Å². The van der Waals surface area contributed by atoms with Crippen molar-refractivity contribution in [3.8, 4) is 17.1 Å². The molecule has 0 aliphatic heterocycles. The van der Waals surface area contributed by atoms with Crippen LogP contribution in [-0.4, -0.2) is 40.2 Å². The maximum absolute atomic E-state index is 11.3. The molecule has 2 aromatic heterocycles. The third-order valence-electron chi connectivity index (χ3n) is 3.45. The molecule has 3 rings (SSSR count). The van der Waals surface area contributed by atoms with E-state index in [0.29, 0.717) is 29.0 Å². The number of aromatic hydroxyl groups is 1. The van der Waals surface area contributed by atoms with Crippen LogP contribution in [0.4, 0.5) is 0 Å². The maximum Gasteiger partial charge on any atom is 0.358 e. The molecule has 118 valence electrons. The molecular weight excluding hydrogens is 296 g/mol. The van der Waals surface area contributed by atoms with Crippen LogP contribution in [0.5, 0.6) is 5.75 Å². The predicted octanol–water partition coefficient (Wildman–Crippen LogP) is 2.96. The van der Waals surface area contributed by atoms with E-state index >= 15 is 0 Å². The summed E-state index contributed by atoms with van der Waals surface area (Å²) in [5.41, 5.74) is 1.35. The lowest BCUT2D eigenvalue weighted by Crippen LogP contribution is -2.14. The van der Waals surface area contributed by atoms with Gasteiger partial charge in [-0.05, 0) is 20.2 Å². The average Bonchev–Trinajstić information content (AvgIpc) is 2.96. The van der Waals surface area contributed by atoms with Crippen LogP contribution in [0, 0.1) is 0 Å². The van der Waals surface area contributed by atoms with Crippen LogP contribution in [0.2, 0.25) is 0 Å². The van der Waals surface area contributed by atoms with E-state index in [1.165, 1.54) is 0 Å². The van der Waals surface area contributed by atoms with Gasteiger partial charge in [0, 0.05) is 12.1 Å². The number of pyridine rings is 1. The number of hydrogen-bond donors (Lipinski definition) is 2. The van der Waals surface area contributed by atoms with Gasteiger partial charge in [-0.25, -0.2) is 9.78 Å². The first-order valence-electron chi connectivity index (χ1n) is 7.06. The van der Waals surface area contributed by atoms with Crippen molar-refractivity contribution in [2.75, 3.05) is 14.1 Å². The summed E-state index contributed by atoms with van der Waals surface area (Å²) >= 11 is 0. The zero-order valence-corrected chi connectivity index (χ0v) is 12.8. The Kier molecular flexibility index (Phi) is 3.75. The van der Waals surface area contributed by atoms with Crippen molar-refractivity contribution in [3.05, 3.63) is 47.8 Å². The van der Waals surface area contributed by atoms with Crippen molar-refractivity contribution in [1.82, 2.24) is 9.88 Å². The van der Waals surface area contributed by atoms with E-state index in [2.05, 4.69) is 4.98 Å². The van der Waals surface area contributed by atoms with Crippen LogP contribution in [0.15, 0.2) is 40.8 Å². The number of hydrogen-bond acceptors (Lipinski definition) is 5. The molecule has 0 unspecified atom stereocenters. The Morgan fingerprint density at radius 3 is 2.57 bits per heavy atom. The minimum absolute atomic E-state index is 0.355. The smallest absolute Gasteiger partial charge is 0.358 e. The molecule has 1 aromatic carbocycles. The Morgan fingerprint density at radius 2 is 1.96 bits per heavy atom. The fraction of sp³-hybridized carbons (Fsp3) is 0.176. The molecule has 0 amide bonds. The van der Waals surface area contributed by atoms with Crippen LogP contribution < -0.4 is 0 Å². The predicted molar refractivity (Wildman–Crippen MR) is 85.5 cm³/mol. The van der Waals surface area contributed by atoms with Gasteiger partial charge in [0.25, 0.3) is 0 Å². The van der Waals surface area contributed by atoms with Gasteiger partial charge in [-0.3, -0.25) is 0 Å². The van der Waals surface area contributed by atoms with E-state index in [1.807, 2.05) is 49.3 Å². The largest absolute Gasteiger partial charge is 0.505 e. The van der Waals surface area contributed by atoms with Crippen molar-refractivity contribution in [1.29, 1.82) is 0 Å². The molecule has 23 heavy (non-hydrogen) atoms. The number of nitrogens with zero attached hydrogens (tertiary/aromatic N) is 2. The van der Waals surface area contributed by atoms with E-state index in [-0.39, 0.29) is 11.4 Å². The highest BCUT2D eigenvalue weighted by Crippen LogP contribution is 2.36. The van der Waals surface area contributed by atoms with E-state index in [4.69, 9.17) is 4.42 Å². The molecule has 0 radical (unpaired) electrons. The number of carboxylic acids is 1. The summed E-state index contributed by atoms with van der Waals surface area (Å²) in [6, 6.07) is 11.1. The fourth-order valence-corrected chi connectivity index (χ4v) is 2.45. The number of carboxylic acid groups (broad SMARTS) is 1. The van der Waals surface area contributed by atoms with Gasteiger partial charge in [0.05, 0.1) is 11.1 Å². The van der Waals surface area contributed by atoms with Crippen molar-refractivity contribution >= 4 is 16.9 Å². The Bertz CT molecular complexity index is 869. The number of rotatable bonds is 4. The molecule has 6 nitrogen and oxygen atoms in total. The summed E-state index contributed by atoms with van der Waals surface area (Å²) < 4.78 is 5.86. The Hall–Kier alpha value is -2.86. The molecule has 0 spiro atoms. The second-order valence-corrected chi connectivity index (χ2v) is 5.52. The summed E-state index contributed by atoms with van der Waals surface area (Å²) in [6.45, 7) is 0.402. The highest BCUT2D eigenvalue weighted by Gasteiger charge is 2.22. The molecule has 0 fully saturated rings. The minimum Gasteiger partial charge on any atom is -0.505 e. The SMILES string of the molecule is CN(C)Cc1nc(C(=O)O)c(O)c2cc(-c3ccccc3)oc12. The van der Waals surface area contributed by atoms with Crippen molar-refractivity contribution in [2.45, 2.75) is 6.54 Å². The zero-order valence-electron chi connectivity index (χ0n) is 12.8. The second-order valence-electron chi connectivity index (χ2n) is 5.52. The van der Waals surface area contributed by atoms with Gasteiger partial charge >= 0.3 is 5.97 Å². The third-order valence-corrected chi connectivity index (χ3v) is 3.45. The van der Waals surface area contributed by atoms with Crippen LogP contribution in [0.25, 0.3) is 22.3 Å². The number of carbonyl (C=O) groups is 1. The van der Waals surface area contributed by atoms with E-state index in [0.717, 1.165) is 5.56 Å². The summed E-state index contributed by atoms with van der Waals surface area (Å²) in [7, 11) is 3.70. The molecule has 0 aliphatic carbocycles. The first-order chi connectivity index (χ1) is 11.0. The van der Waals surface area contributed by atoms with Gasteiger partial charge in [0.15, 0.2) is 17.0 Å². The summed E-state index contributed by atoms with van der Waals surface area (Å²) in [6.07, 6.45) is 0. The molecule has 0 saturated heterocycles. The number of fused-ring (bicyclic) bond motifs is 1. The van der Waals surface area contributed by atoms with Gasteiger partial charge in [0.1, 0.15) is 5.76 Å². The molecule has 2 heterocycles. The molecule has 0 atom stereocenters. The van der Waals surface area contributed by atoms with Gasteiger partial charge in [0.2, 0.25) is 0 Å². The lowest BCUT2D eigenvalue weighted by molar-refractivity contribution is 0.0687. The summed E-state index contributed by atoms with van der Waals surface area (Å²) in [4.78, 5) is 17.2. The van der Waals surface area contributed by atoms with Crippen LogP contribution in [0.1, 0.15) is 16.2 Å². The highest BCUT2D eigenvalue weighted by molar-refractivity contribution is 5.99. The molecular formula is C17H16N2O4. The minimum atomic E-state index is -1.27. The first kappa shape index (κ1) is 15.1. The van der Waals surface area contributed by atoms with Gasteiger partial charge in [-0.2, -0.15) is 0 Å². The van der Waals surface area contributed by atoms with Crippen LogP contribution >= 0.6 is 0 Å². The molecule has 2 N–H and O–H groups in total. The fourth-order valence-electron chi connectivity index (χ4n) is 2.45. The summed E-state index contributed by atoms with van der Waals surface area (Å²) in [5, 5.41) is 19.8. The van der Waals surface area contributed by atoms with Gasteiger partial charge < -0.3 is 19.5 Å². The molecule has 0 bridgehead atoms. The van der Waals surface area contributed by atoms with E-state index < -0.39 is 5.97 Å². The van der Waals surface area contributed by atoms with Gasteiger partial charge in [-0.1, -0.05) is 30.3 Å². The zero-order chi connectivity index (χ0) is 16.6. The van der Waals surface area contributed by atoms with Crippen molar-refractivity contribution in [2.24, 2.45) is 0 Å². The first-order valence-corrected chi connectivity index (χ1v) is 7.06. The molecule has 0 aliphatic rings. The molecule has 0 saturated carbocycles. The average molecular weight is 312 g/mol. The Labute approximate surface area is 132 Å². The van der Waals surface area contributed by atoms with E-state index in [9.17, 15) is 15.0 Å². The second kappa shape index (κ2) is 5.73. The molecule has 3 aromatic rings. The third kappa shape index (κ3) is 2.76. The number of aromatic carboxylic acids is 1. The van der Waals surface area contributed by atoms with Crippen LogP contribution in [0.3, 0.4) is 0 Å². The number of aromatic nitrogens is 1. The Morgan fingerprint density at radius 1 is 1.26 bits per heavy atom. The van der Waals surface area contributed by atoms with Crippen molar-refractivity contribution in [3.63, 3.8) is 0 Å². The lowest BCUT2D eigenvalue weighted by Gasteiger charge is -2.10. The van der Waals surface area contributed by atoms with Crippen LogP contribution in [-0.2, 0) is 6.54 Å². The number of furan rings is 1. The number of benzene rings is 1. The monoisotopic (exact) mass is 312 g/mol. The van der Waals surface area contributed by atoms with Gasteiger partial charge in [-0.15, -0.1) is 0 Å². The highest BCUT2D eigenvalue weighted by atomic mass is 16.4. The normalized spacial score (nSPS) is 11.3. The Balaban J connectivity index is 2.26. The van der Waals surface area contributed by atoms with Crippen molar-refractivity contribution < 1.29 is 19.4 Å². The maximum atomic E-state index is 11.3. The lowest BCUT2D eigenvalue weighted by atomic mass is 10.1. The summed E-state index contributed by atoms with van der Waals surface area (Å²) in [5.74, 6) is -1.09. The topological polar surface area (TPSA) is 86.8 Å². The molecule has 6 heteroatoms. The quantitative estimate of drug-likeness (QED) is 0.770. The standard InChI is InChI=1S/C17H16N2O4/c1-19(2)9-12-16-11(15(20)14(18-12)17(21)22)8-13(23-16)10-6-4-3-5-7-10/h3-8,20H,9H2,1-2H3,(H,21,22).